The van der Waals surface area contributed by atoms with E-state index >= 15 is 0 Å². The lowest BCUT2D eigenvalue weighted by molar-refractivity contribution is -0.917. The van der Waals surface area contributed by atoms with E-state index in [1.807, 2.05) is 6.08 Å². The molecule has 88 valence electrons. The van der Waals surface area contributed by atoms with Crippen LogP contribution in [0.15, 0.2) is 36.9 Å². The fraction of sp³-hybridized carbons (Fsp3) is 0.429. The van der Waals surface area contributed by atoms with E-state index in [0.29, 0.717) is 0 Å². The smallest absolute Gasteiger partial charge is 0.105 e. The highest BCUT2D eigenvalue weighted by molar-refractivity contribution is 5.24. The number of hydrogen-bond donors (Lipinski definition) is 1. The quantitative estimate of drug-likeness (QED) is 0.575. The lowest BCUT2D eigenvalue weighted by Crippen LogP contribution is -2.45. The molecule has 2 heteroatoms. The van der Waals surface area contributed by atoms with Crippen LogP contribution in [0.2, 0.25) is 0 Å². The van der Waals surface area contributed by atoms with Crippen molar-refractivity contribution < 1.29 is 9.59 Å². The summed E-state index contributed by atoms with van der Waals surface area (Å²) in [4.78, 5) is 0. The fourth-order valence-electron chi connectivity index (χ4n) is 1.99. The monoisotopic (exact) mass is 220 g/mol. The molecule has 1 atom stereocenters. The molecule has 0 fully saturated rings. The van der Waals surface area contributed by atoms with E-state index in [4.69, 9.17) is 5.11 Å². The molecule has 1 aromatic rings. The Morgan fingerprint density at radius 2 is 2.06 bits per heavy atom. The Morgan fingerprint density at radius 3 is 2.62 bits per heavy atom. The van der Waals surface area contributed by atoms with Gasteiger partial charge in [-0.1, -0.05) is 30.8 Å². The normalized spacial score (nSPS) is 14.4. The molecule has 0 radical (unpaired) electrons. The van der Waals surface area contributed by atoms with E-state index in [1.165, 1.54) is 11.1 Å². The second-order valence-corrected chi connectivity index (χ2v) is 4.62. The summed E-state index contributed by atoms with van der Waals surface area (Å²) in [5.74, 6) is 0. The number of quaternary nitrogens is 1. The van der Waals surface area contributed by atoms with Crippen LogP contribution in [0.25, 0.3) is 0 Å². The third-order valence-corrected chi connectivity index (χ3v) is 3.02. The Labute approximate surface area is 98.4 Å². The van der Waals surface area contributed by atoms with Gasteiger partial charge < -0.3 is 9.59 Å². The minimum Gasteiger partial charge on any atom is -0.391 e. The van der Waals surface area contributed by atoms with Crippen LogP contribution < -0.4 is 0 Å². The summed E-state index contributed by atoms with van der Waals surface area (Å²) in [6, 6.07) is 8.42. The Hall–Kier alpha value is -1.12. The summed E-state index contributed by atoms with van der Waals surface area (Å²) in [7, 11) is 2.16. The zero-order valence-corrected chi connectivity index (χ0v) is 10.3. The molecule has 1 N–H and O–H groups in total. The summed E-state index contributed by atoms with van der Waals surface area (Å²) in [6.07, 6.45) is 1.92. The molecule has 0 aliphatic rings. The molecular formula is C14H22NO+. The van der Waals surface area contributed by atoms with Crippen molar-refractivity contribution in [2.75, 3.05) is 26.7 Å². The van der Waals surface area contributed by atoms with Crippen LogP contribution in [0.1, 0.15) is 11.1 Å². The van der Waals surface area contributed by atoms with Crippen LogP contribution >= 0.6 is 0 Å². The molecule has 0 aromatic heterocycles. The van der Waals surface area contributed by atoms with Crippen LogP contribution in [0.3, 0.4) is 0 Å². The average Bonchev–Trinajstić information content (AvgIpc) is 2.22. The maximum absolute atomic E-state index is 9.13. The first-order valence-corrected chi connectivity index (χ1v) is 5.71. The fourth-order valence-corrected chi connectivity index (χ4v) is 1.99. The number of benzene rings is 1. The second-order valence-electron chi connectivity index (χ2n) is 4.62. The van der Waals surface area contributed by atoms with Crippen molar-refractivity contribution in [1.29, 1.82) is 0 Å². The SMILES string of the molecule is C=CC[N@@+](C)(CCO)Cc1ccccc1C. The predicted octanol–water partition coefficient (Wildman–Crippen LogP) is 2.12. The molecule has 0 bridgehead atoms. The molecule has 0 saturated heterocycles. The standard InChI is InChI=1S/C14H22NO/c1-4-9-15(3,10-11-16)12-14-8-6-5-7-13(14)2/h4-8,16H,1,9-12H2,2-3H3/q+1/t15-/m0/s1. The van der Waals surface area contributed by atoms with E-state index in [9.17, 15) is 0 Å². The van der Waals surface area contributed by atoms with Gasteiger partial charge in [0.2, 0.25) is 0 Å². The average molecular weight is 220 g/mol. The Kier molecular flexibility index (Phi) is 4.71. The van der Waals surface area contributed by atoms with E-state index in [0.717, 1.165) is 24.1 Å². The lowest BCUT2D eigenvalue weighted by atomic mass is 10.1. The number of likely N-dealkylation sites (N-methyl/N-ethyl adjacent to an activating group) is 1. The zero-order chi connectivity index (χ0) is 12.0. The van der Waals surface area contributed by atoms with Gasteiger partial charge in [0.15, 0.2) is 0 Å². The third kappa shape index (κ3) is 3.47. The van der Waals surface area contributed by atoms with Crippen molar-refractivity contribution in [3.63, 3.8) is 0 Å². The molecule has 2 nitrogen and oxygen atoms in total. The molecule has 1 rings (SSSR count). The number of aryl methyl sites for hydroxylation is 1. The van der Waals surface area contributed by atoms with Gasteiger partial charge in [-0.3, -0.25) is 0 Å². The first kappa shape index (κ1) is 12.9. The van der Waals surface area contributed by atoms with Gasteiger partial charge in [-0.2, -0.15) is 0 Å². The maximum atomic E-state index is 9.13. The van der Waals surface area contributed by atoms with Crippen LogP contribution in [0.4, 0.5) is 0 Å². The van der Waals surface area contributed by atoms with Crippen molar-refractivity contribution >= 4 is 0 Å². The summed E-state index contributed by atoms with van der Waals surface area (Å²) in [5.41, 5.74) is 2.66. The van der Waals surface area contributed by atoms with E-state index < -0.39 is 0 Å². The maximum Gasteiger partial charge on any atom is 0.105 e. The number of nitrogens with zero attached hydrogens (tertiary/aromatic N) is 1. The van der Waals surface area contributed by atoms with Crippen molar-refractivity contribution in [1.82, 2.24) is 0 Å². The molecule has 0 saturated carbocycles. The van der Waals surface area contributed by atoms with Gasteiger partial charge in [0.05, 0.1) is 20.2 Å². The third-order valence-electron chi connectivity index (χ3n) is 3.02. The molecule has 0 heterocycles. The van der Waals surface area contributed by atoms with Gasteiger partial charge in [0, 0.05) is 5.56 Å². The van der Waals surface area contributed by atoms with Gasteiger partial charge in [-0.05, 0) is 18.6 Å². The Morgan fingerprint density at radius 1 is 1.38 bits per heavy atom. The number of hydrogen-bond acceptors (Lipinski definition) is 1. The van der Waals surface area contributed by atoms with Gasteiger partial charge in [-0.15, -0.1) is 0 Å². The summed E-state index contributed by atoms with van der Waals surface area (Å²) >= 11 is 0. The molecule has 0 amide bonds. The van der Waals surface area contributed by atoms with Crippen LogP contribution in [-0.4, -0.2) is 36.3 Å². The highest BCUT2D eigenvalue weighted by Gasteiger charge is 2.20. The van der Waals surface area contributed by atoms with Crippen LogP contribution in [0, 0.1) is 6.92 Å². The van der Waals surface area contributed by atoms with Crippen molar-refractivity contribution in [3.8, 4) is 0 Å². The van der Waals surface area contributed by atoms with E-state index in [2.05, 4.69) is 44.8 Å². The minimum absolute atomic E-state index is 0.218. The van der Waals surface area contributed by atoms with Crippen LogP contribution in [0.5, 0.6) is 0 Å². The number of aliphatic hydroxyl groups is 1. The van der Waals surface area contributed by atoms with Crippen molar-refractivity contribution in [3.05, 3.63) is 48.0 Å². The molecule has 0 aliphatic carbocycles. The van der Waals surface area contributed by atoms with Gasteiger partial charge >= 0.3 is 0 Å². The summed E-state index contributed by atoms with van der Waals surface area (Å²) < 4.78 is 0.810. The Bertz CT molecular complexity index is 348. The highest BCUT2D eigenvalue weighted by atomic mass is 16.3. The van der Waals surface area contributed by atoms with E-state index in [-0.39, 0.29) is 6.61 Å². The first-order valence-electron chi connectivity index (χ1n) is 5.71. The number of rotatable bonds is 6. The highest BCUT2D eigenvalue weighted by Crippen LogP contribution is 2.15. The molecule has 0 unspecified atom stereocenters. The van der Waals surface area contributed by atoms with Gasteiger partial charge in [0.1, 0.15) is 13.1 Å². The molecule has 0 aliphatic heterocycles. The minimum atomic E-state index is 0.218. The largest absolute Gasteiger partial charge is 0.391 e. The molecule has 1 aromatic carbocycles. The first-order chi connectivity index (χ1) is 7.61. The topological polar surface area (TPSA) is 20.2 Å². The van der Waals surface area contributed by atoms with Gasteiger partial charge in [0.25, 0.3) is 0 Å². The summed E-state index contributed by atoms with van der Waals surface area (Å²) in [5, 5.41) is 9.13. The molecule has 0 spiro atoms. The zero-order valence-electron chi connectivity index (χ0n) is 10.3. The lowest BCUT2D eigenvalue weighted by Gasteiger charge is -2.33. The number of aliphatic hydroxyl groups excluding tert-OH is 1. The summed E-state index contributed by atoms with van der Waals surface area (Å²) in [6.45, 7) is 8.74. The van der Waals surface area contributed by atoms with Crippen LogP contribution in [-0.2, 0) is 6.54 Å². The molecule has 16 heavy (non-hydrogen) atoms. The predicted molar refractivity (Wildman–Crippen MR) is 68.1 cm³/mol. The second kappa shape index (κ2) is 5.83. The van der Waals surface area contributed by atoms with Crippen molar-refractivity contribution in [2.45, 2.75) is 13.5 Å². The van der Waals surface area contributed by atoms with E-state index in [1.54, 1.807) is 0 Å². The van der Waals surface area contributed by atoms with Gasteiger partial charge in [-0.25, -0.2) is 0 Å². The molecular weight excluding hydrogens is 198 g/mol. The van der Waals surface area contributed by atoms with Crippen molar-refractivity contribution in [2.24, 2.45) is 0 Å². The Balaban J connectivity index is 2.83.